The van der Waals surface area contributed by atoms with Crippen molar-refractivity contribution in [2.24, 2.45) is 0 Å². The van der Waals surface area contributed by atoms with Crippen molar-refractivity contribution < 1.29 is 13.9 Å². The molecule has 0 saturated carbocycles. The van der Waals surface area contributed by atoms with Crippen LogP contribution in [0.2, 0.25) is 0 Å². The molecular weight excluding hydrogens is 345 g/mol. The fourth-order valence-electron chi connectivity index (χ4n) is 2.68. The standard InChI is InChI=1S/C21H16FN3O2/c22-15-7-9-16(10-8-15)23-20(26)13-27-17-11-5-14(6-12-17)21-24-18-3-1-2-4-19(18)25-21/h1-12H,13H2,(H,23,26)(H,24,25). The average molecular weight is 361 g/mol. The Bertz CT molecular complexity index is 1040. The van der Waals surface area contributed by atoms with Gasteiger partial charge in [0.05, 0.1) is 11.0 Å². The Hall–Kier alpha value is -3.67. The number of fused-ring (bicyclic) bond motifs is 1. The molecule has 6 heteroatoms. The summed E-state index contributed by atoms with van der Waals surface area (Å²) in [6.07, 6.45) is 0. The zero-order valence-electron chi connectivity index (χ0n) is 14.3. The van der Waals surface area contributed by atoms with Gasteiger partial charge in [-0.3, -0.25) is 4.79 Å². The van der Waals surface area contributed by atoms with Gasteiger partial charge in [0.15, 0.2) is 6.61 Å². The lowest BCUT2D eigenvalue weighted by Crippen LogP contribution is -2.20. The molecule has 3 aromatic carbocycles. The van der Waals surface area contributed by atoms with Crippen molar-refractivity contribution in [2.45, 2.75) is 0 Å². The summed E-state index contributed by atoms with van der Waals surface area (Å²) in [7, 11) is 0. The van der Waals surface area contributed by atoms with Crippen LogP contribution in [0.1, 0.15) is 0 Å². The molecule has 27 heavy (non-hydrogen) atoms. The van der Waals surface area contributed by atoms with Crippen LogP contribution in [0.25, 0.3) is 22.4 Å². The number of hydrogen-bond donors (Lipinski definition) is 2. The van der Waals surface area contributed by atoms with E-state index in [4.69, 9.17) is 4.74 Å². The molecule has 0 spiro atoms. The van der Waals surface area contributed by atoms with Gasteiger partial charge in [-0.1, -0.05) is 12.1 Å². The number of nitrogens with zero attached hydrogens (tertiary/aromatic N) is 1. The van der Waals surface area contributed by atoms with Gasteiger partial charge in [-0.25, -0.2) is 9.37 Å². The van der Waals surface area contributed by atoms with Crippen molar-refractivity contribution in [3.05, 3.63) is 78.6 Å². The molecule has 0 unspecified atom stereocenters. The first-order valence-corrected chi connectivity index (χ1v) is 8.41. The number of carbonyl (C=O) groups excluding carboxylic acids is 1. The summed E-state index contributed by atoms with van der Waals surface area (Å²) in [6.45, 7) is -0.138. The van der Waals surface area contributed by atoms with Crippen molar-refractivity contribution in [1.29, 1.82) is 0 Å². The molecule has 0 radical (unpaired) electrons. The van der Waals surface area contributed by atoms with E-state index in [1.54, 1.807) is 12.1 Å². The van der Waals surface area contributed by atoms with E-state index in [9.17, 15) is 9.18 Å². The minimum absolute atomic E-state index is 0.138. The SMILES string of the molecule is O=C(COc1ccc(-c2nc3ccccc3[nH]2)cc1)Nc1ccc(F)cc1. The van der Waals surface area contributed by atoms with Crippen LogP contribution in [-0.2, 0) is 4.79 Å². The predicted molar refractivity (Wildman–Crippen MR) is 102 cm³/mol. The number of H-pyrrole nitrogens is 1. The maximum Gasteiger partial charge on any atom is 0.262 e. The Morgan fingerprint density at radius 2 is 1.74 bits per heavy atom. The fraction of sp³-hybridized carbons (Fsp3) is 0.0476. The van der Waals surface area contributed by atoms with Gasteiger partial charge >= 0.3 is 0 Å². The lowest BCUT2D eigenvalue weighted by Gasteiger charge is -2.08. The monoisotopic (exact) mass is 361 g/mol. The molecule has 0 aliphatic heterocycles. The quantitative estimate of drug-likeness (QED) is 0.554. The van der Waals surface area contributed by atoms with Gasteiger partial charge in [0.25, 0.3) is 5.91 Å². The first-order chi connectivity index (χ1) is 13.2. The summed E-state index contributed by atoms with van der Waals surface area (Å²) in [4.78, 5) is 19.7. The molecule has 0 fully saturated rings. The topological polar surface area (TPSA) is 67.0 Å². The fourth-order valence-corrected chi connectivity index (χ4v) is 2.68. The van der Waals surface area contributed by atoms with E-state index in [1.165, 1.54) is 24.3 Å². The Balaban J connectivity index is 1.37. The van der Waals surface area contributed by atoms with Crippen molar-refractivity contribution in [3.8, 4) is 17.1 Å². The van der Waals surface area contributed by atoms with Gasteiger partial charge in [0, 0.05) is 11.3 Å². The van der Waals surface area contributed by atoms with Gasteiger partial charge in [-0.05, 0) is 60.7 Å². The number of aromatic nitrogens is 2. The van der Waals surface area contributed by atoms with E-state index >= 15 is 0 Å². The van der Waals surface area contributed by atoms with Crippen LogP contribution in [0.15, 0.2) is 72.8 Å². The molecule has 5 nitrogen and oxygen atoms in total. The first-order valence-electron chi connectivity index (χ1n) is 8.41. The summed E-state index contributed by atoms with van der Waals surface area (Å²) < 4.78 is 18.4. The largest absolute Gasteiger partial charge is 0.484 e. The van der Waals surface area contributed by atoms with Gasteiger partial charge in [0.2, 0.25) is 0 Å². The third kappa shape index (κ3) is 3.95. The van der Waals surface area contributed by atoms with Crippen LogP contribution in [0, 0.1) is 5.82 Å². The molecule has 4 aromatic rings. The maximum atomic E-state index is 12.9. The minimum Gasteiger partial charge on any atom is -0.484 e. The molecule has 0 aliphatic rings. The number of carbonyl (C=O) groups is 1. The van der Waals surface area contributed by atoms with E-state index in [1.807, 2.05) is 36.4 Å². The van der Waals surface area contributed by atoms with Gasteiger partial charge < -0.3 is 15.0 Å². The minimum atomic E-state index is -0.353. The van der Waals surface area contributed by atoms with Crippen LogP contribution >= 0.6 is 0 Å². The third-order valence-corrected chi connectivity index (χ3v) is 4.02. The van der Waals surface area contributed by atoms with E-state index in [-0.39, 0.29) is 18.3 Å². The van der Waals surface area contributed by atoms with Crippen LogP contribution in [0.5, 0.6) is 5.75 Å². The number of anilines is 1. The number of para-hydroxylation sites is 2. The highest BCUT2D eigenvalue weighted by Crippen LogP contribution is 2.22. The number of nitrogens with one attached hydrogen (secondary N) is 2. The van der Waals surface area contributed by atoms with Crippen LogP contribution in [0.4, 0.5) is 10.1 Å². The zero-order valence-corrected chi connectivity index (χ0v) is 14.3. The van der Waals surface area contributed by atoms with Crippen LogP contribution < -0.4 is 10.1 Å². The molecule has 0 saturated heterocycles. The van der Waals surface area contributed by atoms with Crippen molar-refractivity contribution in [2.75, 3.05) is 11.9 Å². The van der Waals surface area contributed by atoms with Gasteiger partial charge in [-0.15, -0.1) is 0 Å². The summed E-state index contributed by atoms with van der Waals surface area (Å²) in [5.41, 5.74) is 3.33. The second-order valence-corrected chi connectivity index (χ2v) is 5.97. The summed E-state index contributed by atoms with van der Waals surface area (Å²) in [5.74, 6) is 0.678. The number of ether oxygens (including phenoxy) is 1. The number of imidazole rings is 1. The molecule has 1 aromatic heterocycles. The summed E-state index contributed by atoms with van der Waals surface area (Å²) in [6, 6.07) is 20.7. The number of benzene rings is 3. The third-order valence-electron chi connectivity index (χ3n) is 4.02. The molecule has 1 heterocycles. The van der Waals surface area contributed by atoms with Crippen LogP contribution in [-0.4, -0.2) is 22.5 Å². The summed E-state index contributed by atoms with van der Waals surface area (Å²) in [5, 5.41) is 2.65. The number of hydrogen-bond acceptors (Lipinski definition) is 3. The van der Waals surface area contributed by atoms with E-state index in [0.29, 0.717) is 11.4 Å². The molecule has 0 aliphatic carbocycles. The van der Waals surface area contributed by atoms with Crippen molar-refractivity contribution in [1.82, 2.24) is 9.97 Å². The lowest BCUT2D eigenvalue weighted by atomic mass is 10.2. The second kappa shape index (κ2) is 7.29. The van der Waals surface area contributed by atoms with Gasteiger partial charge in [-0.2, -0.15) is 0 Å². The van der Waals surface area contributed by atoms with Crippen molar-refractivity contribution in [3.63, 3.8) is 0 Å². The molecule has 4 rings (SSSR count). The highest BCUT2D eigenvalue weighted by molar-refractivity contribution is 5.91. The average Bonchev–Trinajstić information content (AvgIpc) is 3.13. The molecular formula is C21H16FN3O2. The number of rotatable bonds is 5. The smallest absolute Gasteiger partial charge is 0.262 e. The number of amides is 1. The Labute approximate surface area is 154 Å². The highest BCUT2D eigenvalue weighted by Gasteiger charge is 2.07. The summed E-state index contributed by atoms with van der Waals surface area (Å²) >= 11 is 0. The second-order valence-electron chi connectivity index (χ2n) is 5.97. The molecule has 2 N–H and O–H groups in total. The Morgan fingerprint density at radius 3 is 2.48 bits per heavy atom. The van der Waals surface area contributed by atoms with Gasteiger partial charge in [0.1, 0.15) is 17.4 Å². The first kappa shape index (κ1) is 16.8. The lowest BCUT2D eigenvalue weighted by molar-refractivity contribution is -0.118. The number of aromatic amines is 1. The maximum absolute atomic E-state index is 12.9. The highest BCUT2D eigenvalue weighted by atomic mass is 19.1. The predicted octanol–water partition coefficient (Wildman–Crippen LogP) is 4.39. The number of halogens is 1. The normalized spacial score (nSPS) is 10.7. The van der Waals surface area contributed by atoms with Crippen molar-refractivity contribution >= 4 is 22.6 Å². The zero-order chi connectivity index (χ0) is 18.6. The Kier molecular flexibility index (Phi) is 4.53. The van der Waals surface area contributed by atoms with Crippen LogP contribution in [0.3, 0.4) is 0 Å². The van der Waals surface area contributed by atoms with E-state index in [0.717, 1.165) is 22.4 Å². The van der Waals surface area contributed by atoms with E-state index < -0.39 is 0 Å². The Morgan fingerprint density at radius 1 is 1.00 bits per heavy atom. The molecule has 1 amide bonds. The molecule has 134 valence electrons. The molecule has 0 bridgehead atoms. The molecule has 0 atom stereocenters. The van der Waals surface area contributed by atoms with E-state index in [2.05, 4.69) is 15.3 Å².